The minimum atomic E-state index is -3.51. The third-order valence-corrected chi connectivity index (χ3v) is 7.79. The van der Waals surface area contributed by atoms with Crippen LogP contribution in [0.15, 0.2) is 29.2 Å². The van der Waals surface area contributed by atoms with Gasteiger partial charge in [0.05, 0.1) is 22.4 Å². The second kappa shape index (κ2) is 9.45. The van der Waals surface area contributed by atoms with Crippen LogP contribution in [0.25, 0.3) is 11.2 Å². The van der Waals surface area contributed by atoms with E-state index >= 15 is 0 Å². The van der Waals surface area contributed by atoms with Crippen LogP contribution in [-0.4, -0.2) is 42.4 Å². The molecule has 0 spiro atoms. The van der Waals surface area contributed by atoms with Gasteiger partial charge in [-0.1, -0.05) is 17.7 Å². The molecule has 0 aliphatic carbocycles. The molecule has 5 rings (SSSR count). The minimum Gasteiger partial charge on any atom is -0.374 e. The fraction of sp³-hybridized carbons (Fsp3) is 0.500. The molecule has 2 fully saturated rings. The van der Waals surface area contributed by atoms with Crippen molar-refractivity contribution >= 4 is 44.0 Å². The van der Waals surface area contributed by atoms with Gasteiger partial charge in [0.25, 0.3) is 0 Å². The van der Waals surface area contributed by atoms with E-state index in [2.05, 4.69) is 10.3 Å². The molecule has 1 unspecified atom stereocenters. The van der Waals surface area contributed by atoms with Crippen molar-refractivity contribution in [3.8, 4) is 0 Å². The smallest absolute Gasteiger partial charge is 0.177 e. The summed E-state index contributed by atoms with van der Waals surface area (Å²) in [6.07, 6.45) is 6.98. The van der Waals surface area contributed by atoms with Crippen LogP contribution in [0.3, 0.4) is 0 Å². The number of pyridine rings is 1. The van der Waals surface area contributed by atoms with Gasteiger partial charge in [0.15, 0.2) is 15.5 Å². The standard InChI is InChI=1S/C24H29ClN4O4S/c1-15-26-23-18(14-21(25)28-24(23)29(15)22-8-4-6-12-33-22)27-17-10-9-16(13-20(17)34(2,30)31)19-7-3-5-11-32-19/h9-10,13-14,19,22H,3-8,11-12H2,1-2H3,(H,27,28)/t19-,22?/m0/s1. The normalized spacial score (nSPS) is 21.6. The molecule has 4 heterocycles. The Morgan fingerprint density at radius 1 is 1.03 bits per heavy atom. The number of aryl methyl sites for hydroxylation is 1. The zero-order chi connectivity index (χ0) is 23.9. The quantitative estimate of drug-likeness (QED) is 0.459. The van der Waals surface area contributed by atoms with Gasteiger partial charge in [0, 0.05) is 25.5 Å². The molecule has 1 N–H and O–H groups in total. The first kappa shape index (κ1) is 23.5. The van der Waals surface area contributed by atoms with Crippen LogP contribution < -0.4 is 5.32 Å². The second-order valence-corrected chi connectivity index (χ2v) is 11.4. The van der Waals surface area contributed by atoms with Crippen LogP contribution in [0, 0.1) is 6.92 Å². The first-order valence-electron chi connectivity index (χ1n) is 11.7. The van der Waals surface area contributed by atoms with Crippen molar-refractivity contribution in [2.24, 2.45) is 0 Å². The highest BCUT2D eigenvalue weighted by atomic mass is 35.5. The molecular formula is C24H29ClN4O4S. The maximum atomic E-state index is 12.7. The molecule has 2 aliphatic heterocycles. The Balaban J connectivity index is 1.56. The maximum Gasteiger partial charge on any atom is 0.177 e. The van der Waals surface area contributed by atoms with Crippen LogP contribution in [0.4, 0.5) is 11.4 Å². The van der Waals surface area contributed by atoms with Gasteiger partial charge in [0.1, 0.15) is 22.7 Å². The molecule has 2 atom stereocenters. The number of aromatic nitrogens is 3. The summed E-state index contributed by atoms with van der Waals surface area (Å²) in [5, 5.41) is 3.57. The van der Waals surface area contributed by atoms with Crippen LogP contribution in [0.5, 0.6) is 0 Å². The average Bonchev–Trinajstić information content (AvgIpc) is 3.15. The van der Waals surface area contributed by atoms with Crippen molar-refractivity contribution in [2.45, 2.75) is 62.7 Å². The molecule has 0 bridgehead atoms. The van der Waals surface area contributed by atoms with E-state index in [9.17, 15) is 8.42 Å². The minimum absolute atomic E-state index is 0.0841. The van der Waals surface area contributed by atoms with Crippen molar-refractivity contribution in [1.29, 1.82) is 0 Å². The zero-order valence-electron chi connectivity index (χ0n) is 19.4. The van der Waals surface area contributed by atoms with Gasteiger partial charge < -0.3 is 14.8 Å². The molecule has 2 saturated heterocycles. The molecule has 10 heteroatoms. The van der Waals surface area contributed by atoms with E-state index in [-0.39, 0.29) is 17.2 Å². The molecule has 0 amide bonds. The summed E-state index contributed by atoms with van der Waals surface area (Å²) < 4.78 is 39.3. The second-order valence-electron chi connectivity index (χ2n) is 9.02. The first-order chi connectivity index (χ1) is 16.3. The molecule has 2 aromatic heterocycles. The fourth-order valence-corrected chi connectivity index (χ4v) is 5.86. The topological polar surface area (TPSA) is 95.3 Å². The van der Waals surface area contributed by atoms with Crippen LogP contribution in [-0.2, 0) is 19.3 Å². The van der Waals surface area contributed by atoms with E-state index < -0.39 is 9.84 Å². The van der Waals surface area contributed by atoms with Crippen molar-refractivity contribution in [3.05, 3.63) is 40.8 Å². The third kappa shape index (κ3) is 4.66. The molecule has 8 nitrogen and oxygen atoms in total. The summed E-state index contributed by atoms with van der Waals surface area (Å²) in [7, 11) is -3.51. The van der Waals surface area contributed by atoms with E-state index in [0.29, 0.717) is 40.9 Å². The summed E-state index contributed by atoms with van der Waals surface area (Å²) in [5.41, 5.74) is 3.17. The van der Waals surface area contributed by atoms with Crippen LogP contribution in [0.1, 0.15) is 62.2 Å². The van der Waals surface area contributed by atoms with E-state index in [0.717, 1.165) is 49.9 Å². The van der Waals surface area contributed by atoms with Crippen molar-refractivity contribution in [1.82, 2.24) is 14.5 Å². The third-order valence-electron chi connectivity index (χ3n) is 6.46. The van der Waals surface area contributed by atoms with Gasteiger partial charge in [-0.25, -0.2) is 18.4 Å². The predicted octanol–water partition coefficient (Wildman–Crippen LogP) is 5.48. The summed E-state index contributed by atoms with van der Waals surface area (Å²) in [4.78, 5) is 9.48. The largest absolute Gasteiger partial charge is 0.374 e. The number of ether oxygens (including phenoxy) is 2. The van der Waals surface area contributed by atoms with Crippen molar-refractivity contribution in [2.75, 3.05) is 24.8 Å². The molecule has 182 valence electrons. The summed E-state index contributed by atoms with van der Waals surface area (Å²) in [5.74, 6) is 0.771. The maximum absolute atomic E-state index is 12.7. The average molecular weight is 505 g/mol. The number of imidazole rings is 1. The number of sulfone groups is 1. The number of hydrogen-bond acceptors (Lipinski definition) is 7. The highest BCUT2D eigenvalue weighted by Gasteiger charge is 2.25. The summed E-state index contributed by atoms with van der Waals surface area (Å²) in [6, 6.07) is 7.10. The number of benzene rings is 1. The Kier molecular flexibility index (Phi) is 6.54. The van der Waals surface area contributed by atoms with Crippen molar-refractivity contribution in [3.63, 3.8) is 0 Å². The lowest BCUT2D eigenvalue weighted by molar-refractivity contribution is -0.0309. The molecule has 2 aliphatic rings. The van der Waals surface area contributed by atoms with Crippen molar-refractivity contribution < 1.29 is 17.9 Å². The van der Waals surface area contributed by atoms with E-state index in [4.69, 9.17) is 26.1 Å². The monoisotopic (exact) mass is 504 g/mol. The molecule has 1 aromatic carbocycles. The van der Waals surface area contributed by atoms with Gasteiger partial charge in [-0.3, -0.25) is 4.57 Å². The van der Waals surface area contributed by atoms with Gasteiger partial charge in [-0.05, 0) is 63.1 Å². The molecular weight excluding hydrogens is 476 g/mol. The zero-order valence-corrected chi connectivity index (χ0v) is 21.0. The molecule has 0 radical (unpaired) electrons. The summed E-state index contributed by atoms with van der Waals surface area (Å²) in [6.45, 7) is 3.31. The number of halogens is 1. The number of nitrogens with zero attached hydrogens (tertiary/aromatic N) is 3. The first-order valence-corrected chi connectivity index (χ1v) is 14.0. The lowest BCUT2D eigenvalue weighted by Gasteiger charge is -2.25. The predicted molar refractivity (Wildman–Crippen MR) is 131 cm³/mol. The SMILES string of the molecule is Cc1nc2c(Nc3ccc([C@@H]4CCCCO4)cc3S(C)(=O)=O)cc(Cl)nc2n1C1CCCCO1. The molecule has 3 aromatic rings. The Labute approximate surface area is 204 Å². The van der Waals surface area contributed by atoms with Gasteiger partial charge in [0.2, 0.25) is 0 Å². The van der Waals surface area contributed by atoms with E-state index in [1.165, 1.54) is 6.26 Å². The molecule has 0 saturated carbocycles. The number of anilines is 2. The van der Waals surface area contributed by atoms with Gasteiger partial charge >= 0.3 is 0 Å². The van der Waals surface area contributed by atoms with E-state index in [1.54, 1.807) is 18.2 Å². The number of fused-ring (bicyclic) bond motifs is 1. The Morgan fingerprint density at radius 3 is 2.47 bits per heavy atom. The Hall–Kier alpha value is -2.20. The number of hydrogen-bond donors (Lipinski definition) is 1. The lowest BCUT2D eigenvalue weighted by atomic mass is 10.0. The summed E-state index contributed by atoms with van der Waals surface area (Å²) >= 11 is 6.40. The lowest BCUT2D eigenvalue weighted by Crippen LogP contribution is -2.19. The number of nitrogens with one attached hydrogen (secondary N) is 1. The highest BCUT2D eigenvalue weighted by Crippen LogP contribution is 2.36. The number of rotatable bonds is 5. The van der Waals surface area contributed by atoms with Gasteiger partial charge in [-0.2, -0.15) is 0 Å². The Bertz CT molecular complexity index is 1310. The van der Waals surface area contributed by atoms with Crippen LogP contribution >= 0.6 is 11.6 Å². The van der Waals surface area contributed by atoms with Gasteiger partial charge in [-0.15, -0.1) is 0 Å². The highest BCUT2D eigenvalue weighted by molar-refractivity contribution is 7.90. The molecule has 34 heavy (non-hydrogen) atoms. The fourth-order valence-electron chi connectivity index (χ4n) is 4.81. The Morgan fingerprint density at radius 2 is 1.79 bits per heavy atom. The van der Waals surface area contributed by atoms with E-state index in [1.807, 2.05) is 17.6 Å². The van der Waals surface area contributed by atoms with Crippen LogP contribution in [0.2, 0.25) is 5.15 Å².